The van der Waals surface area contributed by atoms with E-state index in [-0.39, 0.29) is 22.4 Å². The zero-order chi connectivity index (χ0) is 20.9. The van der Waals surface area contributed by atoms with Crippen molar-refractivity contribution in [1.29, 1.82) is 0 Å². The van der Waals surface area contributed by atoms with E-state index in [0.717, 1.165) is 41.8 Å². The SMILES string of the molecule is CCC(C)(C)C1CCc2c(sc3c2C(=O)NC(c2cc(Cl)c(O)c(OC)c2)N3)C1. The first-order chi connectivity index (χ1) is 13.7. The van der Waals surface area contributed by atoms with Crippen LogP contribution in [0, 0.1) is 11.3 Å². The van der Waals surface area contributed by atoms with E-state index >= 15 is 0 Å². The summed E-state index contributed by atoms with van der Waals surface area (Å²) in [5.74, 6) is 0.762. The molecule has 29 heavy (non-hydrogen) atoms. The number of benzene rings is 1. The molecular weight excluding hydrogens is 408 g/mol. The lowest BCUT2D eigenvalue weighted by Crippen LogP contribution is -2.38. The van der Waals surface area contributed by atoms with E-state index in [0.29, 0.717) is 11.3 Å². The molecule has 0 saturated carbocycles. The smallest absolute Gasteiger partial charge is 0.256 e. The van der Waals surface area contributed by atoms with Crippen LogP contribution in [0.1, 0.15) is 66.1 Å². The number of carbonyl (C=O) groups excluding carboxylic acids is 1. The van der Waals surface area contributed by atoms with Gasteiger partial charge in [0.25, 0.3) is 5.91 Å². The van der Waals surface area contributed by atoms with Gasteiger partial charge in [0.15, 0.2) is 11.5 Å². The maximum atomic E-state index is 13.0. The second-order valence-electron chi connectivity index (χ2n) is 8.59. The first-order valence-corrected chi connectivity index (χ1v) is 11.2. The molecule has 2 aliphatic rings. The molecule has 2 atom stereocenters. The number of phenols is 1. The van der Waals surface area contributed by atoms with Gasteiger partial charge in [0.1, 0.15) is 11.2 Å². The number of halogens is 1. The van der Waals surface area contributed by atoms with Gasteiger partial charge in [0, 0.05) is 4.88 Å². The lowest BCUT2D eigenvalue weighted by atomic mass is 9.69. The standard InChI is InChI=1S/C22H27ClN2O3S/c1-5-22(2,3)12-6-7-13-16(10-12)29-21-17(13)20(27)24-19(25-21)11-8-14(23)18(26)15(9-11)28-4/h8-9,12,19,25-26H,5-7,10H2,1-4H3,(H,24,27). The molecule has 1 aliphatic heterocycles. The van der Waals surface area contributed by atoms with E-state index in [1.54, 1.807) is 23.5 Å². The zero-order valence-corrected chi connectivity index (χ0v) is 18.8. The Morgan fingerprint density at radius 1 is 1.34 bits per heavy atom. The molecule has 1 aromatic carbocycles. The summed E-state index contributed by atoms with van der Waals surface area (Å²) in [7, 11) is 1.47. The Labute approximate surface area is 180 Å². The van der Waals surface area contributed by atoms with Crippen molar-refractivity contribution in [3.8, 4) is 11.5 Å². The van der Waals surface area contributed by atoms with E-state index in [4.69, 9.17) is 16.3 Å². The molecule has 2 heterocycles. The highest BCUT2D eigenvalue weighted by Gasteiger charge is 2.37. The Morgan fingerprint density at radius 2 is 2.10 bits per heavy atom. The number of nitrogens with one attached hydrogen (secondary N) is 2. The molecule has 2 unspecified atom stereocenters. The Kier molecular flexibility index (Phi) is 5.20. The average molecular weight is 435 g/mol. The normalized spacial score (nSPS) is 21.1. The lowest BCUT2D eigenvalue weighted by molar-refractivity contribution is 0.0934. The fourth-order valence-corrected chi connectivity index (χ4v) is 5.91. The molecule has 0 fully saturated rings. The number of anilines is 1. The third-order valence-corrected chi connectivity index (χ3v) is 8.14. The van der Waals surface area contributed by atoms with E-state index in [9.17, 15) is 9.90 Å². The number of fused-ring (bicyclic) bond motifs is 3. The second-order valence-corrected chi connectivity index (χ2v) is 10.1. The van der Waals surface area contributed by atoms with Crippen LogP contribution in [0.4, 0.5) is 5.00 Å². The minimum absolute atomic E-state index is 0.0578. The highest BCUT2D eigenvalue weighted by atomic mass is 35.5. The van der Waals surface area contributed by atoms with Crippen molar-refractivity contribution in [1.82, 2.24) is 5.32 Å². The van der Waals surface area contributed by atoms with Crippen molar-refractivity contribution < 1.29 is 14.6 Å². The van der Waals surface area contributed by atoms with Crippen LogP contribution >= 0.6 is 22.9 Å². The van der Waals surface area contributed by atoms with E-state index < -0.39 is 6.17 Å². The molecule has 3 N–H and O–H groups in total. The number of phenolic OH excluding ortho intramolecular Hbond substituents is 1. The monoisotopic (exact) mass is 434 g/mol. The topological polar surface area (TPSA) is 70.6 Å². The molecule has 0 radical (unpaired) electrons. The van der Waals surface area contributed by atoms with Crippen LogP contribution in [-0.2, 0) is 12.8 Å². The first-order valence-electron chi connectivity index (χ1n) is 10.0. The predicted molar refractivity (Wildman–Crippen MR) is 117 cm³/mol. The molecule has 1 aromatic heterocycles. The summed E-state index contributed by atoms with van der Waals surface area (Å²) in [6.07, 6.45) is 3.84. The van der Waals surface area contributed by atoms with Crippen LogP contribution in [0.5, 0.6) is 11.5 Å². The fourth-order valence-electron chi connectivity index (χ4n) is 4.34. The van der Waals surface area contributed by atoms with Gasteiger partial charge in [-0.15, -0.1) is 11.3 Å². The Hall–Kier alpha value is -1.92. The van der Waals surface area contributed by atoms with Gasteiger partial charge in [-0.05, 0) is 53.9 Å². The van der Waals surface area contributed by atoms with Gasteiger partial charge >= 0.3 is 0 Å². The molecule has 5 nitrogen and oxygen atoms in total. The van der Waals surface area contributed by atoms with Crippen LogP contribution in [-0.4, -0.2) is 18.1 Å². The molecule has 156 valence electrons. The first kappa shape index (κ1) is 20.4. The van der Waals surface area contributed by atoms with Gasteiger partial charge in [-0.3, -0.25) is 4.79 Å². The predicted octanol–water partition coefficient (Wildman–Crippen LogP) is 5.51. The minimum atomic E-state index is -0.426. The second kappa shape index (κ2) is 7.40. The van der Waals surface area contributed by atoms with Gasteiger partial charge < -0.3 is 20.5 Å². The maximum absolute atomic E-state index is 13.0. The highest BCUT2D eigenvalue weighted by Crippen LogP contribution is 2.47. The number of carbonyl (C=O) groups is 1. The van der Waals surface area contributed by atoms with Crippen molar-refractivity contribution in [2.45, 2.75) is 52.6 Å². The van der Waals surface area contributed by atoms with Crippen molar-refractivity contribution in [2.24, 2.45) is 11.3 Å². The van der Waals surface area contributed by atoms with E-state index in [1.807, 2.05) is 0 Å². The molecule has 1 amide bonds. The number of amides is 1. The molecule has 0 saturated heterocycles. The summed E-state index contributed by atoms with van der Waals surface area (Å²) >= 11 is 7.84. The molecule has 2 aromatic rings. The van der Waals surface area contributed by atoms with Gasteiger partial charge in [0.2, 0.25) is 0 Å². The van der Waals surface area contributed by atoms with Gasteiger partial charge in [-0.2, -0.15) is 0 Å². The Bertz CT molecular complexity index is 969. The number of rotatable bonds is 4. The number of thiophene rings is 1. The molecule has 0 spiro atoms. The molecule has 0 bridgehead atoms. The minimum Gasteiger partial charge on any atom is -0.503 e. The Balaban J connectivity index is 1.65. The number of ether oxygens (including phenoxy) is 1. The quantitative estimate of drug-likeness (QED) is 0.593. The van der Waals surface area contributed by atoms with Crippen LogP contribution in [0.3, 0.4) is 0 Å². The van der Waals surface area contributed by atoms with Crippen LogP contribution in [0.15, 0.2) is 12.1 Å². The van der Waals surface area contributed by atoms with E-state index in [1.165, 1.54) is 17.6 Å². The van der Waals surface area contributed by atoms with Crippen LogP contribution in [0.25, 0.3) is 0 Å². The Morgan fingerprint density at radius 3 is 2.79 bits per heavy atom. The number of hydrogen-bond acceptors (Lipinski definition) is 5. The summed E-state index contributed by atoms with van der Waals surface area (Å²) in [5, 5.41) is 17.6. The van der Waals surface area contributed by atoms with Crippen LogP contribution < -0.4 is 15.4 Å². The van der Waals surface area contributed by atoms with Crippen molar-refractivity contribution in [2.75, 3.05) is 12.4 Å². The maximum Gasteiger partial charge on any atom is 0.256 e. The fraction of sp³-hybridized carbons (Fsp3) is 0.500. The molecule has 4 rings (SSSR count). The number of aromatic hydroxyl groups is 1. The van der Waals surface area contributed by atoms with Gasteiger partial charge in [-0.1, -0.05) is 38.8 Å². The largest absolute Gasteiger partial charge is 0.503 e. The highest BCUT2D eigenvalue weighted by molar-refractivity contribution is 7.16. The summed E-state index contributed by atoms with van der Waals surface area (Å²) in [5.41, 5.74) is 3.04. The van der Waals surface area contributed by atoms with Gasteiger partial charge in [0.05, 0.1) is 17.7 Å². The van der Waals surface area contributed by atoms with Gasteiger partial charge in [-0.25, -0.2) is 0 Å². The number of hydrogen-bond donors (Lipinski definition) is 3. The van der Waals surface area contributed by atoms with Crippen molar-refractivity contribution in [3.63, 3.8) is 0 Å². The summed E-state index contributed by atoms with van der Waals surface area (Å²) in [4.78, 5) is 14.3. The molecule has 7 heteroatoms. The van der Waals surface area contributed by atoms with E-state index in [2.05, 4.69) is 31.4 Å². The zero-order valence-electron chi connectivity index (χ0n) is 17.2. The summed E-state index contributed by atoms with van der Waals surface area (Å²) in [6.45, 7) is 6.95. The van der Waals surface area contributed by atoms with Crippen molar-refractivity contribution >= 4 is 33.8 Å². The lowest BCUT2D eigenvalue weighted by Gasteiger charge is -2.36. The third kappa shape index (κ3) is 3.46. The van der Waals surface area contributed by atoms with Crippen molar-refractivity contribution in [3.05, 3.63) is 38.7 Å². The number of methoxy groups -OCH3 is 1. The molecular formula is C22H27ClN2O3S. The average Bonchev–Trinajstić information content (AvgIpc) is 3.07. The summed E-state index contributed by atoms with van der Waals surface area (Å²) in [6, 6.07) is 3.34. The van der Waals surface area contributed by atoms with Crippen LogP contribution in [0.2, 0.25) is 5.02 Å². The summed E-state index contributed by atoms with van der Waals surface area (Å²) < 4.78 is 5.20. The third-order valence-electron chi connectivity index (χ3n) is 6.66. The molecule has 1 aliphatic carbocycles.